The summed E-state index contributed by atoms with van der Waals surface area (Å²) in [6.07, 6.45) is -4.61. The number of halogens is 3. The van der Waals surface area contributed by atoms with E-state index in [1.807, 2.05) is 9.13 Å². The van der Waals surface area contributed by atoms with Crippen molar-refractivity contribution in [3.05, 3.63) is 154 Å². The highest BCUT2D eigenvalue weighted by Gasteiger charge is 2.31. The van der Waals surface area contributed by atoms with E-state index < -0.39 is 11.7 Å². The number of aromatic nitrogens is 2. The van der Waals surface area contributed by atoms with Crippen LogP contribution in [0.4, 0.5) is 24.5 Å². The Labute approximate surface area is 300 Å². The third-order valence-electron chi connectivity index (χ3n) is 9.44. The number of benzene rings is 6. The summed E-state index contributed by atoms with van der Waals surface area (Å²) in [5.41, 5.74) is 5.12. The van der Waals surface area contributed by atoms with Crippen molar-refractivity contribution in [3.63, 3.8) is 0 Å². The minimum absolute atomic E-state index is 0.187. The molecule has 0 bridgehead atoms. The molecule has 0 saturated heterocycles. The van der Waals surface area contributed by atoms with E-state index in [0.717, 1.165) is 12.1 Å². The Morgan fingerprint density at radius 2 is 0.981 bits per heavy atom. The second kappa shape index (κ2) is 11.9. The van der Waals surface area contributed by atoms with Gasteiger partial charge in [-0.25, -0.2) is 9.69 Å². The van der Waals surface area contributed by atoms with E-state index in [9.17, 15) is 29.0 Å². The Hall–Kier alpha value is -7.84. The number of hydrogen-bond donors (Lipinski definition) is 0. The molecule has 0 atom stereocenters. The van der Waals surface area contributed by atoms with Gasteiger partial charge in [0, 0.05) is 10.8 Å². The zero-order valence-electron chi connectivity index (χ0n) is 27.6. The number of hydrogen-bond acceptors (Lipinski definition) is 3. The number of fused-ring (bicyclic) bond motifs is 6. The first-order valence-corrected chi connectivity index (χ1v) is 16.1. The van der Waals surface area contributed by atoms with Gasteiger partial charge >= 0.3 is 6.18 Å². The first-order chi connectivity index (χ1) is 25.6. The Bertz CT molecular complexity index is 2810. The molecule has 2 heterocycles. The summed E-state index contributed by atoms with van der Waals surface area (Å²) in [5.74, 6) is 0. The van der Waals surface area contributed by atoms with Crippen molar-refractivity contribution in [1.29, 1.82) is 15.8 Å². The average molecular weight is 692 g/mol. The molecular formula is C43H20F3N7. The van der Waals surface area contributed by atoms with Crippen LogP contribution in [0.15, 0.2) is 103 Å². The monoisotopic (exact) mass is 691 g/mol. The van der Waals surface area contributed by atoms with Gasteiger partial charge in [-0.2, -0.15) is 29.0 Å². The third kappa shape index (κ3) is 5.09. The van der Waals surface area contributed by atoms with Crippen LogP contribution in [-0.2, 0) is 6.18 Å². The second-order valence-electron chi connectivity index (χ2n) is 12.6. The molecule has 6 aromatic carbocycles. The van der Waals surface area contributed by atoms with Crippen molar-refractivity contribution in [2.45, 2.75) is 13.1 Å². The molecule has 0 aliphatic heterocycles. The van der Waals surface area contributed by atoms with E-state index in [1.165, 1.54) is 0 Å². The fraction of sp³-hybridized carbons (Fsp3) is 0.0465. The number of nitriles is 3. The molecule has 0 saturated carbocycles. The van der Waals surface area contributed by atoms with Crippen LogP contribution in [0.2, 0.25) is 0 Å². The first kappa shape index (κ1) is 32.4. The Balaban J connectivity index is 1.57. The van der Waals surface area contributed by atoms with Crippen LogP contribution in [0.3, 0.4) is 0 Å². The van der Waals surface area contributed by atoms with Gasteiger partial charge in [0.2, 0.25) is 0 Å². The maximum Gasteiger partial charge on any atom is 0.416 e. The molecule has 0 N–H and O–H groups in total. The van der Waals surface area contributed by atoms with E-state index in [4.69, 9.17) is 13.1 Å². The van der Waals surface area contributed by atoms with E-state index in [2.05, 4.69) is 27.9 Å². The summed E-state index contributed by atoms with van der Waals surface area (Å²) in [4.78, 5) is 7.20. The van der Waals surface area contributed by atoms with Gasteiger partial charge in [-0.1, -0.05) is 18.2 Å². The molecule has 10 heteroatoms. The molecule has 8 rings (SSSR count). The minimum Gasteiger partial charge on any atom is -0.308 e. The van der Waals surface area contributed by atoms with Gasteiger partial charge < -0.3 is 9.13 Å². The summed E-state index contributed by atoms with van der Waals surface area (Å²) in [6.45, 7) is 16.9. The normalized spacial score (nSPS) is 11.3. The van der Waals surface area contributed by atoms with E-state index in [1.54, 1.807) is 97.9 Å². The van der Waals surface area contributed by atoms with Crippen molar-refractivity contribution in [2.24, 2.45) is 0 Å². The molecule has 248 valence electrons. The molecule has 0 fully saturated rings. The highest BCUT2D eigenvalue weighted by Crippen LogP contribution is 2.43. The maximum atomic E-state index is 14.2. The molecule has 7 nitrogen and oxygen atoms in total. The number of nitrogens with zero attached hydrogens (tertiary/aromatic N) is 7. The summed E-state index contributed by atoms with van der Waals surface area (Å²) in [6, 6.07) is 34.4. The fourth-order valence-electron chi connectivity index (χ4n) is 7.18. The van der Waals surface area contributed by atoms with Crippen molar-refractivity contribution < 1.29 is 13.2 Å². The van der Waals surface area contributed by atoms with E-state index in [0.29, 0.717) is 88.6 Å². The van der Waals surface area contributed by atoms with Gasteiger partial charge in [0.1, 0.15) is 11.6 Å². The summed E-state index contributed by atoms with van der Waals surface area (Å²) in [5, 5.41) is 33.2. The standard InChI is InChI=1S/C43H20F3N7/c1-24-12-27(16-29(13-24)43(44,45)46)28-17-41(52-37-8-4-25(21-47)14-32(37)33-15-26(22-48)5-9-38(33)52)36(23-49)42(18-28)53-39-10-6-30(50-2)19-34(39)35-20-31(51-3)7-11-40(35)53/h4-20H,1H3. The largest absolute Gasteiger partial charge is 0.416 e. The molecule has 2 aromatic heterocycles. The van der Waals surface area contributed by atoms with Crippen LogP contribution in [-0.4, -0.2) is 9.13 Å². The van der Waals surface area contributed by atoms with Gasteiger partial charge in [0.05, 0.1) is 75.4 Å². The highest BCUT2D eigenvalue weighted by atomic mass is 19.4. The predicted molar refractivity (Wildman–Crippen MR) is 197 cm³/mol. The summed E-state index contributed by atoms with van der Waals surface area (Å²) in [7, 11) is 0. The zero-order chi connectivity index (χ0) is 37.2. The number of alkyl halides is 3. The lowest BCUT2D eigenvalue weighted by molar-refractivity contribution is -0.137. The fourth-order valence-corrected chi connectivity index (χ4v) is 7.18. The topological polar surface area (TPSA) is 89.9 Å². The molecule has 8 aromatic rings. The van der Waals surface area contributed by atoms with Crippen LogP contribution >= 0.6 is 0 Å². The molecule has 0 spiro atoms. The maximum absolute atomic E-state index is 14.2. The predicted octanol–water partition coefficient (Wildman–Crippen LogP) is 11.6. The quantitative estimate of drug-likeness (QED) is 0.173. The minimum atomic E-state index is -4.61. The lowest BCUT2D eigenvalue weighted by atomic mass is 9.96. The van der Waals surface area contributed by atoms with Crippen molar-refractivity contribution in [2.75, 3.05) is 0 Å². The molecule has 0 amide bonds. The molecule has 0 aliphatic carbocycles. The smallest absolute Gasteiger partial charge is 0.308 e. The van der Waals surface area contributed by atoms with Gasteiger partial charge in [0.25, 0.3) is 0 Å². The van der Waals surface area contributed by atoms with Gasteiger partial charge in [-0.3, -0.25) is 0 Å². The lowest BCUT2D eigenvalue weighted by Crippen LogP contribution is -2.07. The van der Waals surface area contributed by atoms with E-state index >= 15 is 0 Å². The Morgan fingerprint density at radius 1 is 0.547 bits per heavy atom. The van der Waals surface area contributed by atoms with Crippen molar-refractivity contribution >= 4 is 55.0 Å². The van der Waals surface area contributed by atoms with Gasteiger partial charge in [-0.15, -0.1) is 0 Å². The lowest BCUT2D eigenvalue weighted by Gasteiger charge is -2.19. The Morgan fingerprint density at radius 3 is 1.40 bits per heavy atom. The highest BCUT2D eigenvalue weighted by molar-refractivity contribution is 6.13. The van der Waals surface area contributed by atoms with Gasteiger partial charge in [-0.05, 0) is 119 Å². The first-order valence-electron chi connectivity index (χ1n) is 16.1. The number of aryl methyl sites for hydroxylation is 1. The van der Waals surface area contributed by atoms with Crippen molar-refractivity contribution in [1.82, 2.24) is 9.13 Å². The molecule has 0 radical (unpaired) electrons. The van der Waals surface area contributed by atoms with Crippen LogP contribution in [0.5, 0.6) is 0 Å². The summed E-state index contributed by atoms with van der Waals surface area (Å²) >= 11 is 0. The SMILES string of the molecule is [C-]#[N+]c1ccc2c(c1)c1cc([N+]#[C-])ccc1n2-c1cc(-c2cc(C)cc(C(F)(F)F)c2)cc(-n2c3ccc(C#N)cc3c3cc(C#N)ccc32)c1C#N. The van der Waals surface area contributed by atoms with Crippen LogP contribution in [0, 0.1) is 54.1 Å². The Kier molecular flexibility index (Phi) is 7.26. The molecule has 0 unspecified atom stereocenters. The van der Waals surface area contributed by atoms with Crippen LogP contribution in [0.25, 0.3) is 75.8 Å². The zero-order valence-corrected chi connectivity index (χ0v) is 27.6. The molecule has 53 heavy (non-hydrogen) atoms. The third-order valence-corrected chi connectivity index (χ3v) is 9.44. The van der Waals surface area contributed by atoms with Crippen LogP contribution < -0.4 is 0 Å². The molecule has 0 aliphatic rings. The van der Waals surface area contributed by atoms with Crippen LogP contribution in [0.1, 0.15) is 27.8 Å². The average Bonchev–Trinajstić information content (AvgIpc) is 3.67. The van der Waals surface area contributed by atoms with Crippen molar-refractivity contribution in [3.8, 4) is 40.7 Å². The van der Waals surface area contributed by atoms with E-state index in [-0.39, 0.29) is 11.1 Å². The molecular weight excluding hydrogens is 672 g/mol. The summed E-state index contributed by atoms with van der Waals surface area (Å²) < 4.78 is 46.3. The van der Waals surface area contributed by atoms with Gasteiger partial charge in [0.15, 0.2) is 11.4 Å². The second-order valence-corrected chi connectivity index (χ2v) is 12.6. The number of rotatable bonds is 3.